The Balaban J connectivity index is 1.27. The first-order valence-electron chi connectivity index (χ1n) is 11.7. The number of piperidine rings is 2. The van der Waals surface area contributed by atoms with Crippen LogP contribution >= 0.6 is 0 Å². The van der Waals surface area contributed by atoms with Crippen LogP contribution in [0.1, 0.15) is 64.2 Å². The number of hydrogen-bond acceptors (Lipinski definition) is 6. The van der Waals surface area contributed by atoms with E-state index in [1.54, 1.807) is 12.3 Å². The van der Waals surface area contributed by atoms with Gasteiger partial charge in [-0.15, -0.1) is 0 Å². The van der Waals surface area contributed by atoms with Crippen LogP contribution in [-0.2, 0) is 22.7 Å². The molecule has 178 valence electrons. The van der Waals surface area contributed by atoms with E-state index in [4.69, 9.17) is 5.73 Å². The van der Waals surface area contributed by atoms with E-state index in [0.29, 0.717) is 23.4 Å². The Kier molecular flexibility index (Phi) is 5.81. The second kappa shape index (κ2) is 8.79. The summed E-state index contributed by atoms with van der Waals surface area (Å²) in [4.78, 5) is 44.6. The van der Waals surface area contributed by atoms with Gasteiger partial charge in [-0.05, 0) is 74.0 Å². The third kappa shape index (κ3) is 4.16. The Hall–Kier alpha value is -3.33. The number of fused-ring (bicyclic) bond motifs is 1. The number of imide groups is 1. The Morgan fingerprint density at radius 1 is 1.15 bits per heavy atom. The summed E-state index contributed by atoms with van der Waals surface area (Å²) in [6, 6.07) is 4.48. The number of pyridine rings is 1. The molecule has 0 aliphatic carbocycles. The van der Waals surface area contributed by atoms with Gasteiger partial charge in [0.1, 0.15) is 17.7 Å². The lowest BCUT2D eigenvalue weighted by Crippen LogP contribution is -2.52. The Morgan fingerprint density at radius 3 is 2.65 bits per heavy atom. The van der Waals surface area contributed by atoms with E-state index in [-0.39, 0.29) is 36.5 Å². The van der Waals surface area contributed by atoms with E-state index in [2.05, 4.69) is 21.3 Å². The van der Waals surface area contributed by atoms with E-state index in [0.717, 1.165) is 49.2 Å². The highest BCUT2D eigenvalue weighted by atomic mass is 19.1. The number of aromatic nitrogens is 1. The van der Waals surface area contributed by atoms with Gasteiger partial charge in [0.25, 0.3) is 5.91 Å². The molecule has 1 aromatic carbocycles. The van der Waals surface area contributed by atoms with Crippen molar-refractivity contribution in [1.82, 2.24) is 20.1 Å². The molecule has 34 heavy (non-hydrogen) atoms. The van der Waals surface area contributed by atoms with Crippen LogP contribution in [0.5, 0.6) is 0 Å². The molecule has 1 atom stereocenters. The molecular formula is C25H28FN5O3. The smallest absolute Gasteiger partial charge is 0.255 e. The molecule has 0 radical (unpaired) electrons. The lowest BCUT2D eigenvalue weighted by Gasteiger charge is -2.32. The minimum absolute atomic E-state index is 0.0642. The molecule has 1 unspecified atom stereocenters. The number of nitrogen functional groups attached to an aromatic ring is 1. The summed E-state index contributed by atoms with van der Waals surface area (Å²) in [6.45, 7) is 4.60. The van der Waals surface area contributed by atoms with Crippen LogP contribution in [0.15, 0.2) is 24.4 Å². The van der Waals surface area contributed by atoms with Crippen molar-refractivity contribution in [3.05, 3.63) is 58.0 Å². The fraction of sp³-hybridized carbons (Fsp3) is 0.440. The number of halogens is 1. The van der Waals surface area contributed by atoms with Crippen LogP contribution in [0, 0.1) is 12.7 Å². The SMILES string of the molecule is Cc1cnc(N)c(CN2CCC(c3cc4c(cc3F)C(=O)N(C3CCC(=O)NC3=O)C4)CC2)c1. The van der Waals surface area contributed by atoms with Gasteiger partial charge in [-0.3, -0.25) is 24.6 Å². The molecule has 3 amide bonds. The molecule has 0 spiro atoms. The first-order valence-corrected chi connectivity index (χ1v) is 11.7. The summed E-state index contributed by atoms with van der Waals surface area (Å²) < 4.78 is 15.1. The van der Waals surface area contributed by atoms with E-state index in [9.17, 15) is 14.4 Å². The fourth-order valence-corrected chi connectivity index (χ4v) is 5.33. The maximum absolute atomic E-state index is 15.1. The molecule has 1 aromatic heterocycles. The Morgan fingerprint density at radius 2 is 1.91 bits per heavy atom. The largest absolute Gasteiger partial charge is 0.383 e. The van der Waals surface area contributed by atoms with Gasteiger partial charge < -0.3 is 10.6 Å². The third-order valence-electron chi connectivity index (χ3n) is 7.20. The number of likely N-dealkylation sites (tertiary alicyclic amines) is 1. The third-order valence-corrected chi connectivity index (χ3v) is 7.20. The molecular weight excluding hydrogens is 437 g/mol. The van der Waals surface area contributed by atoms with Crippen molar-refractivity contribution < 1.29 is 18.8 Å². The van der Waals surface area contributed by atoms with Crippen molar-refractivity contribution in [3.8, 4) is 0 Å². The number of anilines is 1. The monoisotopic (exact) mass is 465 g/mol. The van der Waals surface area contributed by atoms with E-state index in [1.807, 2.05) is 6.92 Å². The molecule has 0 bridgehead atoms. The van der Waals surface area contributed by atoms with Crippen LogP contribution < -0.4 is 11.1 Å². The second-order valence-corrected chi connectivity index (χ2v) is 9.54. The zero-order valence-corrected chi connectivity index (χ0v) is 19.1. The second-order valence-electron chi connectivity index (χ2n) is 9.54. The molecule has 3 N–H and O–H groups in total. The van der Waals surface area contributed by atoms with Gasteiger partial charge in [-0.2, -0.15) is 0 Å². The zero-order chi connectivity index (χ0) is 24.0. The number of nitrogens with zero attached hydrogens (tertiary/aromatic N) is 3. The molecule has 3 aliphatic heterocycles. The van der Waals surface area contributed by atoms with Crippen molar-refractivity contribution in [3.63, 3.8) is 0 Å². The van der Waals surface area contributed by atoms with Crippen molar-refractivity contribution in [1.29, 1.82) is 0 Å². The highest BCUT2D eigenvalue weighted by Crippen LogP contribution is 2.35. The van der Waals surface area contributed by atoms with Crippen LogP contribution in [0.4, 0.5) is 10.2 Å². The molecule has 9 heteroatoms. The number of amides is 3. The number of nitrogens with two attached hydrogens (primary N) is 1. The maximum Gasteiger partial charge on any atom is 0.255 e. The molecule has 4 heterocycles. The molecule has 2 saturated heterocycles. The Labute approximate surface area is 197 Å². The summed E-state index contributed by atoms with van der Waals surface area (Å²) in [5.74, 6) is -0.907. The van der Waals surface area contributed by atoms with E-state index in [1.165, 1.54) is 11.0 Å². The molecule has 0 saturated carbocycles. The van der Waals surface area contributed by atoms with Crippen LogP contribution in [0.3, 0.4) is 0 Å². The highest BCUT2D eigenvalue weighted by Gasteiger charge is 2.40. The average molecular weight is 466 g/mol. The lowest BCUT2D eigenvalue weighted by atomic mass is 9.87. The summed E-state index contributed by atoms with van der Waals surface area (Å²) in [6.07, 6.45) is 3.85. The van der Waals surface area contributed by atoms with Crippen molar-refractivity contribution in [2.45, 2.75) is 57.7 Å². The van der Waals surface area contributed by atoms with Gasteiger partial charge in [-0.25, -0.2) is 9.37 Å². The molecule has 2 aromatic rings. The van der Waals surface area contributed by atoms with E-state index >= 15 is 4.39 Å². The topological polar surface area (TPSA) is 109 Å². The van der Waals surface area contributed by atoms with Crippen LogP contribution in [0.2, 0.25) is 0 Å². The van der Waals surface area contributed by atoms with Crippen LogP contribution in [0.25, 0.3) is 0 Å². The summed E-state index contributed by atoms with van der Waals surface area (Å²) in [5.41, 5.74) is 9.79. The lowest BCUT2D eigenvalue weighted by molar-refractivity contribution is -0.136. The number of carbonyl (C=O) groups excluding carboxylic acids is 3. The minimum atomic E-state index is -0.698. The number of benzene rings is 1. The molecule has 3 aliphatic rings. The van der Waals surface area contributed by atoms with E-state index < -0.39 is 11.9 Å². The number of carbonyl (C=O) groups is 3. The van der Waals surface area contributed by atoms with Crippen molar-refractivity contribution in [2.24, 2.45) is 0 Å². The van der Waals surface area contributed by atoms with Gasteiger partial charge in [0, 0.05) is 36.8 Å². The fourth-order valence-electron chi connectivity index (χ4n) is 5.33. The van der Waals surface area contributed by atoms with Crippen molar-refractivity contribution >= 4 is 23.5 Å². The van der Waals surface area contributed by atoms with Crippen LogP contribution in [-0.4, -0.2) is 51.6 Å². The quantitative estimate of drug-likeness (QED) is 0.671. The highest BCUT2D eigenvalue weighted by molar-refractivity contribution is 6.05. The van der Waals surface area contributed by atoms with Gasteiger partial charge in [0.2, 0.25) is 11.8 Å². The Bertz CT molecular complexity index is 1180. The van der Waals surface area contributed by atoms with Crippen molar-refractivity contribution in [2.75, 3.05) is 18.8 Å². The average Bonchev–Trinajstić information content (AvgIpc) is 3.11. The summed E-state index contributed by atoms with van der Waals surface area (Å²) >= 11 is 0. The van der Waals surface area contributed by atoms with Gasteiger partial charge in [0.05, 0.1) is 0 Å². The first kappa shape index (κ1) is 22.5. The standard InChI is InChI=1S/C25H28FN5O3/c1-14-8-17(23(27)28-11-14)12-30-6-4-15(5-7-30)18-9-16-13-31(25(34)19(16)10-20(18)26)21-2-3-22(32)29-24(21)33/h8-11,15,21H,2-7,12-13H2,1H3,(H2,27,28)(H,29,32,33). The number of aryl methyl sites for hydroxylation is 1. The van der Waals surface area contributed by atoms with Gasteiger partial charge in [0.15, 0.2) is 0 Å². The zero-order valence-electron chi connectivity index (χ0n) is 19.1. The predicted molar refractivity (Wildman–Crippen MR) is 123 cm³/mol. The number of hydrogen-bond donors (Lipinski definition) is 2. The normalized spacial score (nSPS) is 21.6. The molecule has 5 rings (SSSR count). The van der Waals surface area contributed by atoms with Gasteiger partial charge >= 0.3 is 0 Å². The summed E-state index contributed by atoms with van der Waals surface area (Å²) in [7, 11) is 0. The minimum Gasteiger partial charge on any atom is -0.383 e. The maximum atomic E-state index is 15.1. The number of nitrogens with one attached hydrogen (secondary N) is 1. The first-order chi connectivity index (χ1) is 16.3. The van der Waals surface area contributed by atoms with Gasteiger partial charge in [-0.1, -0.05) is 6.07 Å². The molecule has 8 nitrogen and oxygen atoms in total. The number of rotatable bonds is 4. The summed E-state index contributed by atoms with van der Waals surface area (Å²) in [5, 5.41) is 2.29. The molecule has 2 fully saturated rings. The predicted octanol–water partition coefficient (Wildman–Crippen LogP) is 2.25.